The van der Waals surface area contributed by atoms with Crippen LogP contribution in [0.2, 0.25) is 0 Å². The normalized spacial score (nSPS) is 11.8. The van der Waals surface area contributed by atoms with Gasteiger partial charge in [0.2, 0.25) is 0 Å². The Labute approximate surface area is 392 Å². The highest BCUT2D eigenvalue weighted by Gasteiger charge is 2.35. The summed E-state index contributed by atoms with van der Waals surface area (Å²) in [5, 5.41) is 7.49. The highest BCUT2D eigenvalue weighted by atomic mass is 32.4. The molecule has 0 saturated heterocycles. The molecule has 0 fully saturated rings. The monoisotopic (exact) mass is 923 g/mol. The van der Waals surface area contributed by atoms with Gasteiger partial charge in [0.15, 0.2) is 14.3 Å². The van der Waals surface area contributed by atoms with E-state index in [1.54, 1.807) is 0 Å². The van der Waals surface area contributed by atoms with E-state index in [4.69, 9.17) is 16.8 Å². The molecule has 0 unspecified atom stereocenters. The van der Waals surface area contributed by atoms with E-state index in [1.807, 2.05) is 182 Å². The molecule has 0 bridgehead atoms. The second-order valence-corrected chi connectivity index (χ2v) is 25.9. The van der Waals surface area contributed by atoms with Gasteiger partial charge in [0.25, 0.3) is 0 Å². The van der Waals surface area contributed by atoms with E-state index >= 15 is 9.13 Å². The minimum atomic E-state index is -3.48. The van der Waals surface area contributed by atoms with E-state index in [0.717, 1.165) is 59.4 Å². The van der Waals surface area contributed by atoms with E-state index in [9.17, 15) is 0 Å². The van der Waals surface area contributed by atoms with Gasteiger partial charge in [0, 0.05) is 54.3 Å². The van der Waals surface area contributed by atoms with Crippen LogP contribution in [0.5, 0.6) is 0 Å². The van der Waals surface area contributed by atoms with Crippen LogP contribution >= 0.6 is 20.3 Å². The molecule has 0 atom stereocenters. The quantitative estimate of drug-likeness (QED) is 0.115. The number of rotatable bonds is 12. The average molecular weight is 924 g/mol. The third-order valence-corrected chi connectivity index (χ3v) is 23.3. The van der Waals surface area contributed by atoms with Crippen LogP contribution in [0.4, 0.5) is 0 Å². The fourth-order valence-corrected chi connectivity index (χ4v) is 18.8. The molecule has 318 valence electrons. The SMILES string of the molecule is O=P(c1ccccc1)(c1ccccc1)c1ccccc1-c1cc(-c2ccccc2P(=O)(c2ccccc2)c2ccccc2)nc(-c2ccccc2P(=S)(c2ccccc2)c2ccccc2)c1. The van der Waals surface area contributed by atoms with Gasteiger partial charge < -0.3 is 9.13 Å². The summed E-state index contributed by atoms with van der Waals surface area (Å²) in [7, 11) is -6.94. The van der Waals surface area contributed by atoms with Crippen LogP contribution in [0.3, 0.4) is 0 Å². The second-order valence-electron chi connectivity index (χ2n) is 16.0. The minimum Gasteiger partial charge on any atom is -0.309 e. The maximum atomic E-state index is 16.3. The van der Waals surface area contributed by atoms with Gasteiger partial charge in [-0.3, -0.25) is 0 Å². The number of aromatic nitrogens is 1. The summed E-state index contributed by atoms with van der Waals surface area (Å²) in [6.45, 7) is 0. The summed E-state index contributed by atoms with van der Waals surface area (Å²) >= 11 is 7.01. The molecule has 10 aromatic rings. The van der Waals surface area contributed by atoms with Crippen molar-refractivity contribution in [3.05, 3.63) is 267 Å². The summed E-state index contributed by atoms with van der Waals surface area (Å²) < 4.78 is 32.5. The van der Waals surface area contributed by atoms with Crippen molar-refractivity contribution in [3.63, 3.8) is 0 Å². The summed E-state index contributed by atoms with van der Waals surface area (Å²) in [5.41, 5.74) is 4.61. The predicted octanol–water partition coefficient (Wildman–Crippen LogP) is 11.1. The third kappa shape index (κ3) is 7.81. The van der Waals surface area contributed by atoms with Crippen molar-refractivity contribution >= 4 is 79.9 Å². The Balaban J connectivity index is 1.29. The lowest BCUT2D eigenvalue weighted by Crippen LogP contribution is -2.27. The highest BCUT2D eigenvalue weighted by Crippen LogP contribution is 2.49. The smallest absolute Gasteiger partial charge is 0.171 e. The Morgan fingerprint density at radius 3 is 0.909 bits per heavy atom. The van der Waals surface area contributed by atoms with Crippen LogP contribution in [0.25, 0.3) is 33.6 Å². The van der Waals surface area contributed by atoms with E-state index in [2.05, 4.69) is 84.9 Å². The highest BCUT2D eigenvalue weighted by molar-refractivity contribution is 8.25. The first-order valence-corrected chi connectivity index (χ1v) is 28.1. The predicted molar refractivity (Wildman–Crippen MR) is 285 cm³/mol. The molecule has 1 heterocycles. The molecule has 0 aliphatic rings. The topological polar surface area (TPSA) is 47.0 Å². The van der Waals surface area contributed by atoms with Gasteiger partial charge >= 0.3 is 0 Å². The molecular formula is C59H44NO2P3S. The van der Waals surface area contributed by atoms with E-state index in [1.165, 1.54) is 0 Å². The van der Waals surface area contributed by atoms with E-state index < -0.39 is 20.3 Å². The maximum absolute atomic E-state index is 16.3. The fraction of sp³-hybridized carbons (Fsp3) is 0. The maximum Gasteiger partial charge on any atom is 0.171 e. The van der Waals surface area contributed by atoms with Crippen LogP contribution in [-0.2, 0) is 20.9 Å². The summed E-state index contributed by atoms with van der Waals surface area (Å²) in [5.74, 6) is 0. The molecule has 0 radical (unpaired) electrons. The molecule has 10 rings (SSSR count). The van der Waals surface area contributed by atoms with Crippen molar-refractivity contribution in [3.8, 4) is 33.6 Å². The Hall–Kier alpha value is -6.76. The van der Waals surface area contributed by atoms with Gasteiger partial charge in [-0.1, -0.05) is 267 Å². The van der Waals surface area contributed by atoms with Gasteiger partial charge in [-0.15, -0.1) is 0 Å². The first-order valence-electron chi connectivity index (χ1n) is 21.9. The van der Waals surface area contributed by atoms with Crippen molar-refractivity contribution in [1.29, 1.82) is 0 Å². The van der Waals surface area contributed by atoms with Crippen LogP contribution in [0.15, 0.2) is 267 Å². The summed E-state index contributed by atoms with van der Waals surface area (Å²) in [6.07, 6.45) is 0. The van der Waals surface area contributed by atoms with Crippen molar-refractivity contribution in [2.24, 2.45) is 0 Å². The van der Waals surface area contributed by atoms with Gasteiger partial charge in [-0.2, -0.15) is 0 Å². The Morgan fingerprint density at radius 1 is 0.288 bits per heavy atom. The molecule has 0 amide bonds. The van der Waals surface area contributed by atoms with Crippen LogP contribution < -0.4 is 47.7 Å². The lowest BCUT2D eigenvalue weighted by molar-refractivity contribution is 0.591. The summed E-state index contributed by atoms with van der Waals surface area (Å²) in [4.78, 5) is 5.61. The standard InChI is InChI=1S/C59H44NO2P3S/c61-63(46-25-7-1-8-26-46,47-27-9-2-10-28-47)57-40-22-19-37-52(57)45-43-55(53-38-20-23-41-58(53)64(62,48-29-11-3-12-30-48)49-31-13-4-14-32-49)60-56(44-45)54-39-21-24-42-59(54)65(66,50-33-15-5-16-34-50)51-35-17-6-18-36-51/h1-44H. The van der Waals surface area contributed by atoms with Gasteiger partial charge in [0.05, 0.1) is 11.4 Å². The average Bonchev–Trinajstić information content (AvgIpc) is 3.41. The van der Waals surface area contributed by atoms with E-state index in [-0.39, 0.29) is 0 Å². The van der Waals surface area contributed by atoms with Gasteiger partial charge in [0.1, 0.15) is 0 Å². The molecule has 0 N–H and O–H groups in total. The minimum absolute atomic E-state index is 0.636. The van der Waals surface area contributed by atoms with Crippen LogP contribution in [-0.4, -0.2) is 4.98 Å². The molecule has 3 nitrogen and oxygen atoms in total. The first kappa shape index (κ1) is 43.1. The number of hydrogen-bond donors (Lipinski definition) is 0. The third-order valence-electron chi connectivity index (χ3n) is 12.1. The Kier molecular flexibility index (Phi) is 12.2. The van der Waals surface area contributed by atoms with Gasteiger partial charge in [-0.05, 0) is 33.9 Å². The molecule has 0 spiro atoms. The second kappa shape index (κ2) is 18.6. The molecule has 0 aliphatic heterocycles. The zero-order valence-electron chi connectivity index (χ0n) is 35.9. The summed E-state index contributed by atoms with van der Waals surface area (Å²) in [6, 6.07) is 85.8. The van der Waals surface area contributed by atoms with Crippen LogP contribution in [0, 0.1) is 0 Å². The lowest BCUT2D eigenvalue weighted by Gasteiger charge is -2.27. The molecule has 7 heteroatoms. The van der Waals surface area contributed by atoms with Crippen LogP contribution in [0.1, 0.15) is 0 Å². The molecule has 0 aliphatic carbocycles. The molecule has 0 saturated carbocycles. The number of benzene rings is 9. The van der Waals surface area contributed by atoms with Gasteiger partial charge in [-0.25, -0.2) is 4.98 Å². The largest absolute Gasteiger partial charge is 0.309 e. The zero-order chi connectivity index (χ0) is 45.0. The van der Waals surface area contributed by atoms with Crippen molar-refractivity contribution in [1.82, 2.24) is 4.98 Å². The number of hydrogen-bond acceptors (Lipinski definition) is 4. The molecule has 9 aromatic carbocycles. The number of pyridine rings is 1. The Bertz CT molecular complexity index is 2930. The van der Waals surface area contributed by atoms with Crippen molar-refractivity contribution in [2.45, 2.75) is 0 Å². The van der Waals surface area contributed by atoms with E-state index in [0.29, 0.717) is 22.0 Å². The van der Waals surface area contributed by atoms with Crippen molar-refractivity contribution < 1.29 is 9.13 Å². The molecule has 1 aromatic heterocycles. The fourth-order valence-electron chi connectivity index (χ4n) is 8.99. The number of nitrogens with zero attached hydrogens (tertiary/aromatic N) is 1. The first-order chi connectivity index (χ1) is 32.4. The zero-order valence-corrected chi connectivity index (χ0v) is 39.4. The van der Waals surface area contributed by atoms with Crippen molar-refractivity contribution in [2.75, 3.05) is 0 Å². The molecular weight excluding hydrogens is 880 g/mol. The molecule has 66 heavy (non-hydrogen) atoms. The lowest BCUT2D eigenvalue weighted by atomic mass is 10.00. The Morgan fingerprint density at radius 2 is 0.545 bits per heavy atom.